The summed E-state index contributed by atoms with van der Waals surface area (Å²) in [6.07, 6.45) is 0. The molecule has 3 rings (SSSR count). The summed E-state index contributed by atoms with van der Waals surface area (Å²) in [7, 11) is 1.36. The number of nitrogens with zero attached hydrogens (tertiary/aromatic N) is 1. The van der Waals surface area contributed by atoms with E-state index < -0.39 is 0 Å². The molecule has 1 N–H and O–H groups in total. The number of thiazole rings is 1. The number of esters is 1. The molecule has 2 aromatic heterocycles. The standard InChI is InChI=1S/C17H15FN2O2S/c1-9-14(17(21)22-3)10(2)19-15(9)13-8-23-16(20-13)11-5-4-6-12(18)7-11/h4-8,19H,1-3H3. The molecule has 0 spiro atoms. The van der Waals surface area contributed by atoms with Crippen LogP contribution in [-0.2, 0) is 4.74 Å². The molecule has 0 saturated heterocycles. The first-order valence-corrected chi connectivity index (χ1v) is 7.88. The molecule has 0 radical (unpaired) electrons. The lowest BCUT2D eigenvalue weighted by atomic mass is 10.1. The lowest BCUT2D eigenvalue weighted by Crippen LogP contribution is -2.03. The molecule has 3 aromatic rings. The average molecular weight is 330 g/mol. The van der Waals surface area contributed by atoms with E-state index in [2.05, 4.69) is 9.97 Å². The lowest BCUT2D eigenvalue weighted by Gasteiger charge is -1.99. The van der Waals surface area contributed by atoms with Crippen LogP contribution >= 0.6 is 11.3 Å². The van der Waals surface area contributed by atoms with Crippen LogP contribution in [0.2, 0.25) is 0 Å². The predicted octanol–water partition coefficient (Wildman–Crippen LogP) is 4.35. The maximum Gasteiger partial charge on any atom is 0.339 e. The zero-order valence-corrected chi connectivity index (χ0v) is 13.8. The minimum Gasteiger partial charge on any atom is -0.465 e. The van der Waals surface area contributed by atoms with Crippen LogP contribution in [-0.4, -0.2) is 23.0 Å². The molecule has 4 nitrogen and oxygen atoms in total. The van der Waals surface area contributed by atoms with Gasteiger partial charge in [0.2, 0.25) is 0 Å². The fourth-order valence-corrected chi connectivity index (χ4v) is 3.36. The summed E-state index contributed by atoms with van der Waals surface area (Å²) in [5.41, 5.74) is 4.31. The quantitative estimate of drug-likeness (QED) is 0.727. The summed E-state index contributed by atoms with van der Waals surface area (Å²) in [4.78, 5) is 19.6. The van der Waals surface area contributed by atoms with E-state index in [9.17, 15) is 9.18 Å². The number of carbonyl (C=O) groups is 1. The highest BCUT2D eigenvalue weighted by molar-refractivity contribution is 7.13. The second kappa shape index (κ2) is 5.96. The maximum atomic E-state index is 13.4. The van der Waals surface area contributed by atoms with Crippen molar-refractivity contribution in [2.75, 3.05) is 7.11 Å². The number of aromatic amines is 1. The maximum absolute atomic E-state index is 13.4. The Bertz CT molecular complexity index is 883. The third kappa shape index (κ3) is 2.77. The first kappa shape index (κ1) is 15.4. The van der Waals surface area contributed by atoms with E-state index in [-0.39, 0.29) is 11.8 Å². The smallest absolute Gasteiger partial charge is 0.339 e. The summed E-state index contributed by atoms with van der Waals surface area (Å²) >= 11 is 1.43. The summed E-state index contributed by atoms with van der Waals surface area (Å²) in [5, 5.41) is 2.62. The van der Waals surface area contributed by atoms with Gasteiger partial charge in [0.25, 0.3) is 0 Å². The monoisotopic (exact) mass is 330 g/mol. The normalized spacial score (nSPS) is 10.8. The van der Waals surface area contributed by atoms with Crippen LogP contribution in [0.3, 0.4) is 0 Å². The highest BCUT2D eigenvalue weighted by Crippen LogP contribution is 2.32. The van der Waals surface area contributed by atoms with Crippen molar-refractivity contribution in [2.45, 2.75) is 13.8 Å². The summed E-state index contributed by atoms with van der Waals surface area (Å²) < 4.78 is 18.2. The second-order valence-corrected chi connectivity index (χ2v) is 6.02. The average Bonchev–Trinajstić information content (AvgIpc) is 3.12. The number of benzene rings is 1. The van der Waals surface area contributed by atoms with E-state index in [0.29, 0.717) is 5.56 Å². The molecule has 23 heavy (non-hydrogen) atoms. The topological polar surface area (TPSA) is 55.0 Å². The Labute approximate surface area is 137 Å². The molecule has 0 atom stereocenters. The van der Waals surface area contributed by atoms with Crippen molar-refractivity contribution in [3.8, 4) is 22.0 Å². The number of H-pyrrole nitrogens is 1. The number of ether oxygens (including phenoxy) is 1. The van der Waals surface area contributed by atoms with Crippen LogP contribution in [0, 0.1) is 19.7 Å². The Morgan fingerprint density at radius 3 is 2.83 bits per heavy atom. The van der Waals surface area contributed by atoms with E-state index in [4.69, 9.17) is 4.74 Å². The van der Waals surface area contributed by atoms with Crippen molar-refractivity contribution in [3.63, 3.8) is 0 Å². The molecule has 0 aliphatic heterocycles. The molecule has 118 valence electrons. The Hall–Kier alpha value is -2.47. The van der Waals surface area contributed by atoms with Gasteiger partial charge in [-0.3, -0.25) is 0 Å². The zero-order valence-electron chi connectivity index (χ0n) is 12.9. The van der Waals surface area contributed by atoms with Crippen molar-refractivity contribution < 1.29 is 13.9 Å². The first-order valence-electron chi connectivity index (χ1n) is 7.00. The highest BCUT2D eigenvalue weighted by atomic mass is 32.1. The van der Waals surface area contributed by atoms with E-state index in [1.54, 1.807) is 6.07 Å². The Balaban J connectivity index is 2.03. The molecular weight excluding hydrogens is 315 g/mol. The number of rotatable bonds is 3. The van der Waals surface area contributed by atoms with Gasteiger partial charge in [-0.2, -0.15) is 0 Å². The summed E-state index contributed by atoms with van der Waals surface area (Å²) in [6.45, 7) is 3.68. The molecule has 6 heteroatoms. The number of halogens is 1. The van der Waals surface area contributed by atoms with E-state index in [1.165, 1.54) is 30.6 Å². The number of aryl methyl sites for hydroxylation is 1. The van der Waals surface area contributed by atoms with Crippen molar-refractivity contribution in [3.05, 3.63) is 52.3 Å². The van der Waals surface area contributed by atoms with Crippen molar-refractivity contribution in [1.82, 2.24) is 9.97 Å². The third-order valence-electron chi connectivity index (χ3n) is 3.66. The molecule has 0 bridgehead atoms. The molecule has 2 heterocycles. The minimum absolute atomic E-state index is 0.292. The van der Waals surface area contributed by atoms with Crippen LogP contribution in [0.15, 0.2) is 29.6 Å². The molecule has 0 amide bonds. The van der Waals surface area contributed by atoms with Gasteiger partial charge in [0.1, 0.15) is 10.8 Å². The Kier molecular flexibility index (Phi) is 4.00. The van der Waals surface area contributed by atoms with Gasteiger partial charge in [-0.25, -0.2) is 14.2 Å². The fraction of sp³-hybridized carbons (Fsp3) is 0.176. The molecule has 0 aliphatic rings. The minimum atomic E-state index is -0.372. The van der Waals surface area contributed by atoms with Gasteiger partial charge in [0, 0.05) is 16.6 Å². The van der Waals surface area contributed by atoms with Crippen molar-refractivity contribution >= 4 is 17.3 Å². The van der Waals surface area contributed by atoms with Gasteiger partial charge >= 0.3 is 5.97 Å². The molecular formula is C17H15FN2O2S. The van der Waals surface area contributed by atoms with E-state index in [1.807, 2.05) is 25.3 Å². The van der Waals surface area contributed by atoms with Gasteiger partial charge in [-0.15, -0.1) is 11.3 Å². The van der Waals surface area contributed by atoms with Gasteiger partial charge in [0.15, 0.2) is 0 Å². The molecule has 0 aliphatic carbocycles. The van der Waals surface area contributed by atoms with Crippen LogP contribution in [0.5, 0.6) is 0 Å². The Morgan fingerprint density at radius 2 is 2.13 bits per heavy atom. The number of hydrogen-bond acceptors (Lipinski definition) is 4. The lowest BCUT2D eigenvalue weighted by molar-refractivity contribution is 0.0599. The number of aromatic nitrogens is 2. The zero-order chi connectivity index (χ0) is 16.6. The fourth-order valence-electron chi connectivity index (χ4n) is 2.56. The number of methoxy groups -OCH3 is 1. The number of nitrogens with one attached hydrogen (secondary N) is 1. The predicted molar refractivity (Wildman–Crippen MR) is 88.1 cm³/mol. The van der Waals surface area contributed by atoms with Gasteiger partial charge in [-0.05, 0) is 31.5 Å². The van der Waals surface area contributed by atoms with Crippen LogP contribution in [0.1, 0.15) is 21.6 Å². The van der Waals surface area contributed by atoms with Gasteiger partial charge in [-0.1, -0.05) is 12.1 Å². The van der Waals surface area contributed by atoms with Crippen molar-refractivity contribution in [2.24, 2.45) is 0 Å². The van der Waals surface area contributed by atoms with Crippen LogP contribution in [0.25, 0.3) is 22.0 Å². The number of carbonyl (C=O) groups excluding carboxylic acids is 1. The van der Waals surface area contributed by atoms with E-state index in [0.717, 1.165) is 33.2 Å². The molecule has 0 fully saturated rings. The summed E-state index contributed by atoms with van der Waals surface area (Å²) in [5.74, 6) is -0.665. The SMILES string of the molecule is COC(=O)c1c(C)[nH]c(-c2csc(-c3cccc(F)c3)n2)c1C. The molecule has 0 saturated carbocycles. The van der Waals surface area contributed by atoms with Crippen LogP contribution < -0.4 is 0 Å². The third-order valence-corrected chi connectivity index (χ3v) is 4.55. The molecule has 0 unspecified atom stereocenters. The van der Waals surface area contributed by atoms with Gasteiger partial charge < -0.3 is 9.72 Å². The first-order chi connectivity index (χ1) is 11.0. The van der Waals surface area contributed by atoms with E-state index >= 15 is 0 Å². The largest absolute Gasteiger partial charge is 0.465 e. The Morgan fingerprint density at radius 1 is 1.35 bits per heavy atom. The molecule has 1 aromatic carbocycles. The van der Waals surface area contributed by atoms with Crippen LogP contribution in [0.4, 0.5) is 4.39 Å². The van der Waals surface area contributed by atoms with Gasteiger partial charge in [0.05, 0.1) is 24.1 Å². The highest BCUT2D eigenvalue weighted by Gasteiger charge is 2.21. The number of hydrogen-bond donors (Lipinski definition) is 1. The summed E-state index contributed by atoms with van der Waals surface area (Å²) in [6, 6.07) is 6.33. The van der Waals surface area contributed by atoms with Crippen molar-refractivity contribution in [1.29, 1.82) is 0 Å². The second-order valence-electron chi connectivity index (χ2n) is 5.16.